The molecule has 0 aliphatic rings. The standard InChI is InChI=1S/C18H14OS.C12H9FOS.2CHF3O3S.CHF3/c19-15-11-13-18(14-12-15)20(16-7-3-1-4-8-16)17-9-5-2-6-10-17;13-9-1-5-11(6-2-9)15-12-7-3-10(14)4-8-12;2*2-1(3,4)8(5,6)7;2-1(3)4/h1-14H;1-8,14H;2*(H,5,6,7);1H. The van der Waals surface area contributed by atoms with Crippen molar-refractivity contribution in [1.29, 1.82) is 0 Å². The highest BCUT2D eigenvalue weighted by Gasteiger charge is 2.44. The number of rotatable bonds is 5. The van der Waals surface area contributed by atoms with Gasteiger partial charge in [0, 0.05) is 9.79 Å². The summed E-state index contributed by atoms with van der Waals surface area (Å²) in [6, 6.07) is 41.7. The van der Waals surface area contributed by atoms with Crippen LogP contribution in [0.1, 0.15) is 0 Å². The summed E-state index contributed by atoms with van der Waals surface area (Å²) >= 11 is 1.53. The number of halogens is 10. The maximum absolute atomic E-state index is 12.6. The lowest BCUT2D eigenvalue weighted by molar-refractivity contribution is -0.0519. The number of phenols is 2. The molecule has 0 saturated heterocycles. The minimum atomic E-state index is -6.09. The van der Waals surface area contributed by atoms with E-state index in [1.807, 2.05) is 36.4 Å². The van der Waals surface area contributed by atoms with Gasteiger partial charge in [-0.15, -0.1) is 0 Å². The zero-order valence-corrected chi connectivity index (χ0v) is 30.3. The monoisotopic (exact) mass is 868 g/mol. The first-order valence-corrected chi connectivity index (χ1v) is 19.0. The third kappa shape index (κ3) is 19.6. The van der Waals surface area contributed by atoms with Crippen LogP contribution in [0.25, 0.3) is 0 Å². The van der Waals surface area contributed by atoms with E-state index >= 15 is 0 Å². The summed E-state index contributed by atoms with van der Waals surface area (Å²) in [5.41, 5.74) is -11.2. The second-order valence-electron chi connectivity index (χ2n) is 9.54. The highest BCUT2D eigenvalue weighted by Crippen LogP contribution is 2.32. The van der Waals surface area contributed by atoms with E-state index in [1.165, 1.54) is 38.6 Å². The topological polar surface area (TPSA) is 152 Å². The van der Waals surface area contributed by atoms with E-state index in [1.54, 1.807) is 36.4 Å². The smallest absolute Gasteiger partial charge is 0.522 e. The van der Waals surface area contributed by atoms with Crippen LogP contribution in [0.15, 0.2) is 158 Å². The van der Waals surface area contributed by atoms with Crippen molar-refractivity contribution in [1.82, 2.24) is 0 Å². The Morgan fingerprint density at radius 1 is 0.545 bits per heavy atom. The molecule has 22 heteroatoms. The highest BCUT2D eigenvalue weighted by molar-refractivity contribution is 7.99. The molecule has 5 aromatic rings. The number of hydrogen-bond donors (Lipinski definition) is 3. The van der Waals surface area contributed by atoms with Crippen LogP contribution >= 0.6 is 11.8 Å². The molecule has 0 amide bonds. The van der Waals surface area contributed by atoms with Crippen LogP contribution in [-0.4, -0.2) is 53.9 Å². The third-order valence-corrected chi connectivity index (χ3v) is 9.89. The van der Waals surface area contributed by atoms with Crippen LogP contribution in [0.5, 0.6) is 11.5 Å². The van der Waals surface area contributed by atoms with Gasteiger partial charge >= 0.3 is 27.8 Å². The molecule has 0 unspecified atom stereocenters. The molecular formula is C33H26F10O8S4. The van der Waals surface area contributed by atoms with Gasteiger partial charge in [0.2, 0.25) is 0 Å². The normalized spacial score (nSPS) is 11.4. The summed E-state index contributed by atoms with van der Waals surface area (Å²) in [7, 11) is -12.1. The Labute approximate surface area is 314 Å². The second kappa shape index (κ2) is 22.2. The van der Waals surface area contributed by atoms with E-state index in [4.69, 9.17) is 31.0 Å². The highest BCUT2D eigenvalue weighted by atomic mass is 32.2. The van der Waals surface area contributed by atoms with Crippen molar-refractivity contribution in [2.75, 3.05) is 0 Å². The Morgan fingerprint density at radius 3 is 1.11 bits per heavy atom. The number of benzene rings is 5. The first-order chi connectivity index (χ1) is 25.3. The Morgan fingerprint density at radius 2 is 0.818 bits per heavy atom. The molecule has 0 radical (unpaired) electrons. The van der Waals surface area contributed by atoms with Gasteiger partial charge in [0.1, 0.15) is 17.3 Å². The fourth-order valence-corrected chi connectivity index (χ4v) is 6.16. The molecule has 0 heterocycles. The van der Waals surface area contributed by atoms with Gasteiger partial charge in [-0.25, -0.2) is 12.8 Å². The Balaban J connectivity index is 0.000000381. The quantitative estimate of drug-likeness (QED) is 0.0679. The summed E-state index contributed by atoms with van der Waals surface area (Å²) in [6.07, 6.45) is 0. The van der Waals surface area contributed by atoms with Crippen LogP contribution < -0.4 is 0 Å². The van der Waals surface area contributed by atoms with Crippen molar-refractivity contribution in [2.24, 2.45) is 0 Å². The molecular weight excluding hydrogens is 843 g/mol. The third-order valence-electron chi connectivity index (χ3n) is 5.49. The molecule has 55 heavy (non-hydrogen) atoms. The summed E-state index contributed by atoms with van der Waals surface area (Å²) in [6.45, 7) is -3.67. The van der Waals surface area contributed by atoms with Crippen molar-refractivity contribution in [3.63, 3.8) is 0 Å². The Kier molecular flexibility index (Phi) is 19.6. The molecule has 0 bridgehead atoms. The van der Waals surface area contributed by atoms with Gasteiger partial charge in [0.15, 0.2) is 24.8 Å². The fourth-order valence-electron chi connectivity index (χ4n) is 3.26. The zero-order valence-electron chi connectivity index (χ0n) is 27.1. The molecule has 300 valence electrons. The molecule has 0 aromatic heterocycles. The van der Waals surface area contributed by atoms with E-state index in [0.717, 1.165) is 9.79 Å². The van der Waals surface area contributed by atoms with Crippen molar-refractivity contribution in [3.8, 4) is 11.5 Å². The maximum Gasteiger partial charge on any atom is 0.522 e. The molecule has 0 aliphatic carbocycles. The van der Waals surface area contributed by atoms with Crippen LogP contribution in [0.4, 0.5) is 43.9 Å². The minimum absolute atomic E-state index is 0.134. The molecule has 0 atom stereocenters. The Hall–Kier alpha value is -4.48. The van der Waals surface area contributed by atoms with Gasteiger partial charge in [-0.1, -0.05) is 48.2 Å². The first kappa shape index (κ1) is 48.5. The van der Waals surface area contributed by atoms with Crippen LogP contribution in [0.3, 0.4) is 0 Å². The number of alkyl halides is 9. The predicted molar refractivity (Wildman–Crippen MR) is 182 cm³/mol. The molecule has 3 N–H and O–H groups in total. The summed E-state index contributed by atoms with van der Waals surface area (Å²) in [5.74, 6) is 0.321. The lowest BCUT2D eigenvalue weighted by atomic mass is 10.3. The van der Waals surface area contributed by atoms with Crippen molar-refractivity contribution >= 4 is 42.9 Å². The predicted octanol–water partition coefficient (Wildman–Crippen LogP) is 9.79. The molecule has 0 saturated carbocycles. The van der Waals surface area contributed by atoms with Gasteiger partial charge < -0.3 is 14.8 Å². The molecule has 0 aliphatic heterocycles. The van der Waals surface area contributed by atoms with Gasteiger partial charge in [-0.2, -0.15) is 47.9 Å². The largest absolute Gasteiger partial charge is 0.741 e. The average molecular weight is 869 g/mol. The van der Waals surface area contributed by atoms with E-state index in [0.29, 0.717) is 5.75 Å². The number of hydrogen-bond acceptors (Lipinski definition) is 8. The summed E-state index contributed by atoms with van der Waals surface area (Å²) < 4.78 is 158. The zero-order chi connectivity index (χ0) is 42.0. The van der Waals surface area contributed by atoms with Gasteiger partial charge in [-0.3, -0.25) is 4.55 Å². The first-order valence-electron chi connectivity index (χ1n) is 14.2. The van der Waals surface area contributed by atoms with E-state index < -0.39 is 37.9 Å². The molecule has 5 aromatic carbocycles. The summed E-state index contributed by atoms with van der Waals surface area (Å²) in [4.78, 5) is 5.76. The fraction of sp³-hybridized carbons (Fsp3) is 0.0909. The van der Waals surface area contributed by atoms with E-state index in [-0.39, 0.29) is 22.5 Å². The maximum atomic E-state index is 12.6. The van der Waals surface area contributed by atoms with E-state index in [2.05, 4.69) is 48.5 Å². The van der Waals surface area contributed by atoms with Gasteiger partial charge in [-0.05, 0) is 97.1 Å². The van der Waals surface area contributed by atoms with Crippen molar-refractivity contribution < 1.29 is 80.1 Å². The molecule has 0 fully saturated rings. The lowest BCUT2D eigenvalue weighted by Crippen LogP contribution is -2.21. The molecule has 5 rings (SSSR count). The van der Waals surface area contributed by atoms with Crippen LogP contribution in [-0.2, 0) is 31.1 Å². The minimum Gasteiger partial charge on any atom is -0.741 e. The van der Waals surface area contributed by atoms with Gasteiger partial charge in [0.05, 0.1) is 10.9 Å². The summed E-state index contributed by atoms with van der Waals surface area (Å²) in [5, 5.41) is 18.6. The molecule has 8 nitrogen and oxygen atoms in total. The van der Waals surface area contributed by atoms with Crippen molar-refractivity contribution in [3.05, 3.63) is 139 Å². The number of aromatic hydroxyl groups is 2. The molecule has 0 spiro atoms. The van der Waals surface area contributed by atoms with E-state index in [9.17, 15) is 49.0 Å². The van der Waals surface area contributed by atoms with Crippen LogP contribution in [0, 0.1) is 5.82 Å². The lowest BCUT2D eigenvalue weighted by Gasteiger charge is -2.08. The second-order valence-corrected chi connectivity index (χ2v) is 15.5. The van der Waals surface area contributed by atoms with Crippen molar-refractivity contribution in [2.45, 2.75) is 42.2 Å². The Bertz CT molecular complexity index is 1930. The average Bonchev–Trinajstić information content (AvgIpc) is 3.08. The van der Waals surface area contributed by atoms with Crippen LogP contribution in [0.2, 0.25) is 0 Å². The number of phenolic OH excluding ortho intramolecular Hbond substituents is 2. The van der Waals surface area contributed by atoms with Gasteiger partial charge in [0.25, 0.3) is 0 Å². The SMILES string of the molecule is FC(F)F.O=S(=O)(O)C(F)(F)F.O=S(=O)([O-])C(F)(F)F.Oc1ccc(Sc2ccc(F)cc2)cc1.Oc1ccc([S+](c2ccccc2)c2ccccc2)cc1.